The number of rotatable bonds is 5. The summed E-state index contributed by atoms with van der Waals surface area (Å²) in [6.45, 7) is 2.19. The maximum Gasteiger partial charge on any atom is 0.255 e. The van der Waals surface area contributed by atoms with Crippen molar-refractivity contribution in [3.8, 4) is 5.88 Å². The highest BCUT2D eigenvalue weighted by Crippen LogP contribution is 2.20. The largest absolute Gasteiger partial charge is 0.471 e. The topological polar surface area (TPSA) is 103 Å². The van der Waals surface area contributed by atoms with E-state index in [1.807, 2.05) is 37.3 Å². The molecule has 0 fully saturated rings. The summed E-state index contributed by atoms with van der Waals surface area (Å²) in [4.78, 5) is 16.6. The van der Waals surface area contributed by atoms with Gasteiger partial charge in [0.1, 0.15) is 6.61 Å². The zero-order valence-electron chi connectivity index (χ0n) is 14.4. The molecule has 1 heterocycles. The van der Waals surface area contributed by atoms with E-state index in [9.17, 15) is 4.79 Å². The van der Waals surface area contributed by atoms with Crippen LogP contribution in [0.15, 0.2) is 60.7 Å². The number of nitrogens with zero attached hydrogens (tertiary/aromatic N) is 1. The third-order valence-corrected chi connectivity index (χ3v) is 3.83. The summed E-state index contributed by atoms with van der Waals surface area (Å²) in [5, 5.41) is 2.80. The second-order valence-corrected chi connectivity index (χ2v) is 5.87. The molecule has 1 amide bonds. The predicted octanol–water partition coefficient (Wildman–Crippen LogP) is 3.39. The van der Waals surface area contributed by atoms with Gasteiger partial charge in [0, 0.05) is 11.3 Å². The third-order valence-electron chi connectivity index (χ3n) is 3.83. The summed E-state index contributed by atoms with van der Waals surface area (Å²) < 4.78 is 5.66. The first kappa shape index (κ1) is 17.3. The van der Waals surface area contributed by atoms with Gasteiger partial charge in [-0.05, 0) is 48.9 Å². The number of nitrogen functional groups attached to an aromatic ring is 2. The Bertz CT molecular complexity index is 923. The third kappa shape index (κ3) is 4.10. The number of aromatic nitrogens is 1. The first-order chi connectivity index (χ1) is 12.5. The smallest absolute Gasteiger partial charge is 0.255 e. The average molecular weight is 348 g/mol. The van der Waals surface area contributed by atoms with Crippen LogP contribution in [0.4, 0.5) is 17.1 Å². The van der Waals surface area contributed by atoms with E-state index >= 15 is 0 Å². The number of nitrogens with two attached hydrogens (primary N) is 2. The van der Waals surface area contributed by atoms with Crippen LogP contribution in [-0.4, -0.2) is 10.9 Å². The number of anilines is 3. The fourth-order valence-corrected chi connectivity index (χ4v) is 2.37. The molecule has 6 heteroatoms. The number of ether oxygens (including phenoxy) is 1. The van der Waals surface area contributed by atoms with Crippen molar-refractivity contribution in [1.82, 2.24) is 4.98 Å². The highest BCUT2D eigenvalue weighted by molar-refractivity contribution is 6.05. The molecular weight excluding hydrogens is 328 g/mol. The molecule has 0 aliphatic carbocycles. The lowest BCUT2D eigenvalue weighted by Crippen LogP contribution is -2.13. The van der Waals surface area contributed by atoms with Gasteiger partial charge in [0.25, 0.3) is 5.91 Å². The van der Waals surface area contributed by atoms with Crippen LogP contribution in [0, 0.1) is 6.92 Å². The van der Waals surface area contributed by atoms with Gasteiger partial charge in [0.2, 0.25) is 5.88 Å². The van der Waals surface area contributed by atoms with Crippen LogP contribution < -0.4 is 21.5 Å². The Morgan fingerprint density at radius 2 is 1.73 bits per heavy atom. The Morgan fingerprint density at radius 3 is 2.46 bits per heavy atom. The van der Waals surface area contributed by atoms with E-state index in [2.05, 4.69) is 10.3 Å². The normalized spacial score (nSPS) is 10.3. The lowest BCUT2D eigenvalue weighted by atomic mass is 10.1. The van der Waals surface area contributed by atoms with Crippen LogP contribution in [0.1, 0.15) is 21.6 Å². The van der Waals surface area contributed by atoms with Crippen molar-refractivity contribution < 1.29 is 9.53 Å². The van der Waals surface area contributed by atoms with Crippen molar-refractivity contribution in [2.75, 3.05) is 16.8 Å². The number of carbonyl (C=O) groups is 1. The van der Waals surface area contributed by atoms with Gasteiger partial charge in [-0.1, -0.05) is 24.3 Å². The van der Waals surface area contributed by atoms with Crippen molar-refractivity contribution >= 4 is 23.0 Å². The van der Waals surface area contributed by atoms with Crippen molar-refractivity contribution in [3.05, 3.63) is 77.5 Å². The fourth-order valence-electron chi connectivity index (χ4n) is 2.37. The number of para-hydroxylation sites is 2. The Hall–Kier alpha value is -3.54. The highest BCUT2D eigenvalue weighted by atomic mass is 16.5. The number of nitrogens with one attached hydrogen (secondary N) is 1. The summed E-state index contributed by atoms with van der Waals surface area (Å²) in [5.74, 6) is 0.186. The molecule has 1 aromatic heterocycles. The number of aryl methyl sites for hydroxylation is 1. The number of amides is 1. The van der Waals surface area contributed by atoms with E-state index in [0.717, 1.165) is 11.3 Å². The lowest BCUT2D eigenvalue weighted by Gasteiger charge is -2.10. The molecular formula is C20H20N4O2. The summed E-state index contributed by atoms with van der Waals surface area (Å²) in [7, 11) is 0. The van der Waals surface area contributed by atoms with Gasteiger partial charge < -0.3 is 21.5 Å². The van der Waals surface area contributed by atoms with Crippen LogP contribution in [-0.2, 0) is 6.61 Å². The van der Waals surface area contributed by atoms with E-state index in [-0.39, 0.29) is 5.91 Å². The summed E-state index contributed by atoms with van der Waals surface area (Å²) >= 11 is 0. The molecule has 2 aromatic carbocycles. The number of pyridine rings is 1. The first-order valence-electron chi connectivity index (χ1n) is 8.13. The van der Waals surface area contributed by atoms with Gasteiger partial charge in [0.15, 0.2) is 0 Å². The molecule has 0 atom stereocenters. The Balaban J connectivity index is 1.64. The summed E-state index contributed by atoms with van der Waals surface area (Å²) in [6.07, 6.45) is 0. The Morgan fingerprint density at radius 1 is 1.00 bits per heavy atom. The Kier molecular flexibility index (Phi) is 5.03. The van der Waals surface area contributed by atoms with E-state index in [4.69, 9.17) is 16.2 Å². The quantitative estimate of drug-likeness (QED) is 0.613. The minimum Gasteiger partial charge on any atom is -0.471 e. The average Bonchev–Trinajstić information content (AvgIpc) is 2.65. The van der Waals surface area contributed by atoms with Crippen molar-refractivity contribution in [1.29, 1.82) is 0 Å². The molecule has 0 unspecified atom stereocenters. The number of hydrogen-bond acceptors (Lipinski definition) is 5. The Labute approximate surface area is 151 Å². The molecule has 132 valence electrons. The molecule has 0 bridgehead atoms. The van der Waals surface area contributed by atoms with Crippen molar-refractivity contribution in [2.24, 2.45) is 0 Å². The lowest BCUT2D eigenvalue weighted by molar-refractivity contribution is 0.102. The maximum atomic E-state index is 12.3. The van der Waals surface area contributed by atoms with Gasteiger partial charge in [-0.3, -0.25) is 4.79 Å². The number of benzene rings is 2. The van der Waals surface area contributed by atoms with Crippen LogP contribution in [0.5, 0.6) is 5.88 Å². The molecule has 5 N–H and O–H groups in total. The SMILES string of the molecule is Cc1ccc(N)c(OCc2ccc(C(=O)Nc3ccccc3N)cc2)n1. The zero-order valence-corrected chi connectivity index (χ0v) is 14.4. The number of carbonyl (C=O) groups excluding carboxylic acids is 1. The number of hydrogen-bond donors (Lipinski definition) is 3. The van der Waals surface area contributed by atoms with Gasteiger partial charge in [-0.15, -0.1) is 0 Å². The molecule has 3 aromatic rings. The molecule has 0 saturated carbocycles. The fraction of sp³-hybridized carbons (Fsp3) is 0.100. The first-order valence-corrected chi connectivity index (χ1v) is 8.13. The van der Waals surface area contributed by atoms with Gasteiger partial charge >= 0.3 is 0 Å². The molecule has 26 heavy (non-hydrogen) atoms. The van der Waals surface area contributed by atoms with E-state index < -0.39 is 0 Å². The van der Waals surface area contributed by atoms with Gasteiger partial charge in [0.05, 0.1) is 17.1 Å². The molecule has 0 spiro atoms. The van der Waals surface area contributed by atoms with Gasteiger partial charge in [-0.25, -0.2) is 4.98 Å². The van der Waals surface area contributed by atoms with Gasteiger partial charge in [-0.2, -0.15) is 0 Å². The van der Waals surface area contributed by atoms with Crippen molar-refractivity contribution in [3.63, 3.8) is 0 Å². The summed E-state index contributed by atoms with van der Waals surface area (Å²) in [5.41, 5.74) is 15.6. The van der Waals surface area contributed by atoms with Crippen LogP contribution in [0.2, 0.25) is 0 Å². The predicted molar refractivity (Wildman–Crippen MR) is 103 cm³/mol. The molecule has 0 aliphatic heterocycles. The maximum absolute atomic E-state index is 12.3. The van der Waals surface area contributed by atoms with E-state index in [0.29, 0.717) is 35.1 Å². The van der Waals surface area contributed by atoms with Crippen LogP contribution in [0.3, 0.4) is 0 Å². The minimum atomic E-state index is -0.222. The molecule has 3 rings (SSSR count). The standard InChI is InChI=1S/C20H20N4O2/c1-13-6-11-17(22)20(23-13)26-12-14-7-9-15(10-8-14)19(25)24-18-5-3-2-4-16(18)21/h2-11H,12,21-22H2,1H3,(H,24,25). The second-order valence-electron chi connectivity index (χ2n) is 5.87. The minimum absolute atomic E-state index is 0.222. The molecule has 0 saturated heterocycles. The van der Waals surface area contributed by atoms with E-state index in [1.165, 1.54) is 0 Å². The van der Waals surface area contributed by atoms with Crippen LogP contribution in [0.25, 0.3) is 0 Å². The highest BCUT2D eigenvalue weighted by Gasteiger charge is 2.08. The zero-order chi connectivity index (χ0) is 18.5. The monoisotopic (exact) mass is 348 g/mol. The molecule has 0 radical (unpaired) electrons. The molecule has 0 aliphatic rings. The second kappa shape index (κ2) is 7.57. The van der Waals surface area contributed by atoms with Crippen molar-refractivity contribution in [2.45, 2.75) is 13.5 Å². The molecule has 6 nitrogen and oxygen atoms in total. The van der Waals surface area contributed by atoms with Crippen LogP contribution >= 0.6 is 0 Å². The van der Waals surface area contributed by atoms with E-state index in [1.54, 1.807) is 30.3 Å². The summed E-state index contributed by atoms with van der Waals surface area (Å²) in [6, 6.07) is 17.9.